The number of rotatable bonds is 2. The third kappa shape index (κ3) is 2.80. The van der Waals surface area contributed by atoms with Crippen LogP contribution in [0.1, 0.15) is 29.3 Å². The number of halogens is 1. The number of aromatic nitrogens is 3. The van der Waals surface area contributed by atoms with Crippen molar-refractivity contribution in [1.82, 2.24) is 14.8 Å². The average molecular weight is 373 g/mol. The van der Waals surface area contributed by atoms with Crippen molar-refractivity contribution in [1.29, 1.82) is 0 Å². The van der Waals surface area contributed by atoms with Gasteiger partial charge in [-0.15, -0.1) is 0 Å². The first-order valence-corrected chi connectivity index (χ1v) is 10.4. The molecule has 136 valence electrons. The molecule has 0 aliphatic carbocycles. The zero-order valence-corrected chi connectivity index (χ0v) is 15.8. The zero-order chi connectivity index (χ0) is 18.6. The Morgan fingerprint density at radius 1 is 1.15 bits per heavy atom. The molecule has 7 heteroatoms. The van der Waals surface area contributed by atoms with Gasteiger partial charge in [0.25, 0.3) is 0 Å². The van der Waals surface area contributed by atoms with E-state index in [1.807, 2.05) is 26.8 Å². The second-order valence-electron chi connectivity index (χ2n) is 7.07. The van der Waals surface area contributed by atoms with Crippen molar-refractivity contribution in [2.45, 2.75) is 33.2 Å². The molecule has 0 bridgehead atoms. The summed E-state index contributed by atoms with van der Waals surface area (Å²) in [6, 6.07) is 6.43. The monoisotopic (exact) mass is 373 g/mol. The van der Waals surface area contributed by atoms with Gasteiger partial charge >= 0.3 is 0 Å². The number of nitrogens with zero attached hydrogens (tertiary/aromatic N) is 3. The molecule has 0 radical (unpaired) electrons. The minimum atomic E-state index is -3.02. The minimum Gasteiger partial charge on any atom is -0.243 e. The van der Waals surface area contributed by atoms with E-state index in [2.05, 4.69) is 5.10 Å². The van der Waals surface area contributed by atoms with Crippen molar-refractivity contribution in [3.05, 3.63) is 46.9 Å². The van der Waals surface area contributed by atoms with Crippen LogP contribution in [-0.2, 0) is 9.84 Å². The summed E-state index contributed by atoms with van der Waals surface area (Å²) in [5, 5.41) is 5.56. The summed E-state index contributed by atoms with van der Waals surface area (Å²) < 4.78 is 39.0. The van der Waals surface area contributed by atoms with Crippen molar-refractivity contribution in [2.24, 2.45) is 0 Å². The molecule has 1 aromatic carbocycles. The first-order chi connectivity index (χ1) is 12.2. The number of hydrogen-bond acceptors (Lipinski definition) is 4. The van der Waals surface area contributed by atoms with Gasteiger partial charge in [0.15, 0.2) is 15.5 Å². The summed E-state index contributed by atoms with van der Waals surface area (Å²) in [6.07, 6.45) is 0.555. The molecular weight excluding hydrogens is 353 g/mol. The van der Waals surface area contributed by atoms with Crippen LogP contribution in [0.15, 0.2) is 24.3 Å². The van der Waals surface area contributed by atoms with Crippen molar-refractivity contribution in [3.63, 3.8) is 0 Å². The molecule has 0 saturated carbocycles. The van der Waals surface area contributed by atoms with E-state index in [1.54, 1.807) is 10.7 Å². The lowest BCUT2D eigenvalue weighted by Crippen LogP contribution is -2.13. The fourth-order valence-corrected chi connectivity index (χ4v) is 5.50. The van der Waals surface area contributed by atoms with Crippen LogP contribution in [0.4, 0.5) is 4.39 Å². The first kappa shape index (κ1) is 17.1. The molecule has 1 saturated heterocycles. The quantitative estimate of drug-likeness (QED) is 0.689. The third-order valence-electron chi connectivity index (χ3n) is 5.05. The van der Waals surface area contributed by atoms with Gasteiger partial charge in [0.1, 0.15) is 5.82 Å². The Kier molecular flexibility index (Phi) is 3.87. The topological polar surface area (TPSA) is 64.8 Å². The zero-order valence-electron chi connectivity index (χ0n) is 15.0. The van der Waals surface area contributed by atoms with Crippen LogP contribution in [0.3, 0.4) is 0 Å². The van der Waals surface area contributed by atoms with E-state index >= 15 is 0 Å². The van der Waals surface area contributed by atoms with Gasteiger partial charge in [-0.1, -0.05) is 0 Å². The highest BCUT2D eigenvalue weighted by molar-refractivity contribution is 7.91. The molecule has 1 fully saturated rings. The van der Waals surface area contributed by atoms with Gasteiger partial charge in [-0.05, 0) is 62.6 Å². The van der Waals surface area contributed by atoms with Crippen molar-refractivity contribution in [3.8, 4) is 11.3 Å². The Morgan fingerprint density at radius 3 is 2.58 bits per heavy atom. The van der Waals surface area contributed by atoms with Crippen LogP contribution < -0.4 is 0 Å². The van der Waals surface area contributed by atoms with Crippen LogP contribution in [0, 0.1) is 26.6 Å². The molecule has 5 nitrogen and oxygen atoms in total. The third-order valence-corrected chi connectivity index (χ3v) is 6.80. The molecule has 3 aromatic rings. The van der Waals surface area contributed by atoms with Crippen LogP contribution in [0.5, 0.6) is 0 Å². The number of aryl methyl sites for hydroxylation is 3. The Bertz CT molecular complexity index is 1140. The largest absolute Gasteiger partial charge is 0.243 e. The highest BCUT2D eigenvalue weighted by atomic mass is 32.2. The van der Waals surface area contributed by atoms with E-state index < -0.39 is 9.84 Å². The number of benzene rings is 1. The molecular formula is C19H20FN3O2S. The minimum absolute atomic E-state index is 0.101. The summed E-state index contributed by atoms with van der Waals surface area (Å²) >= 11 is 0. The Morgan fingerprint density at radius 2 is 1.92 bits per heavy atom. The van der Waals surface area contributed by atoms with Gasteiger partial charge in [-0.2, -0.15) is 5.10 Å². The molecule has 0 N–H and O–H groups in total. The summed E-state index contributed by atoms with van der Waals surface area (Å²) in [5.74, 6) is 0.0125. The van der Waals surface area contributed by atoms with Crippen LogP contribution in [-0.4, -0.2) is 34.7 Å². The normalized spacial score (nSPS) is 19.3. The fourth-order valence-electron chi connectivity index (χ4n) is 3.80. The van der Waals surface area contributed by atoms with E-state index in [-0.39, 0.29) is 23.4 Å². The standard InChI is InChI=1S/C19H20FN3O2S/c1-11-8-14(20)4-5-16(11)17-9-12(2)18-13(3)22-23(19(18)21-17)15-6-7-26(24,25)10-15/h4-5,8-9,15H,6-7,10H2,1-3H3. The molecule has 2 aromatic heterocycles. The summed E-state index contributed by atoms with van der Waals surface area (Å²) in [7, 11) is -3.02. The van der Waals surface area contributed by atoms with E-state index in [1.165, 1.54) is 12.1 Å². The number of sulfone groups is 1. The molecule has 4 rings (SSSR count). The van der Waals surface area contributed by atoms with Gasteiger partial charge in [-0.3, -0.25) is 0 Å². The maximum atomic E-state index is 13.4. The first-order valence-electron chi connectivity index (χ1n) is 8.58. The predicted octanol–water partition coefficient (Wildman–Crippen LogP) is 3.52. The lowest BCUT2D eigenvalue weighted by Gasteiger charge is -2.12. The Labute approximate surface area is 151 Å². The maximum absolute atomic E-state index is 13.4. The van der Waals surface area contributed by atoms with Crippen molar-refractivity contribution >= 4 is 20.9 Å². The molecule has 26 heavy (non-hydrogen) atoms. The predicted molar refractivity (Wildman–Crippen MR) is 99.4 cm³/mol. The second kappa shape index (κ2) is 5.87. The van der Waals surface area contributed by atoms with E-state index in [9.17, 15) is 12.8 Å². The van der Waals surface area contributed by atoms with Crippen LogP contribution >= 0.6 is 0 Å². The number of pyridine rings is 1. The lowest BCUT2D eigenvalue weighted by atomic mass is 10.0. The van der Waals surface area contributed by atoms with Gasteiger partial charge in [0, 0.05) is 10.9 Å². The van der Waals surface area contributed by atoms with Crippen molar-refractivity contribution < 1.29 is 12.8 Å². The molecule has 1 aliphatic rings. The molecule has 0 spiro atoms. The highest BCUT2D eigenvalue weighted by Gasteiger charge is 2.31. The van der Waals surface area contributed by atoms with Gasteiger partial charge in [-0.25, -0.2) is 22.5 Å². The van der Waals surface area contributed by atoms with E-state index in [0.29, 0.717) is 12.1 Å². The van der Waals surface area contributed by atoms with Gasteiger partial charge in [0.05, 0.1) is 28.9 Å². The lowest BCUT2D eigenvalue weighted by molar-refractivity contribution is 0.509. The number of fused-ring (bicyclic) bond motifs is 1. The molecule has 0 amide bonds. The van der Waals surface area contributed by atoms with Crippen LogP contribution in [0.2, 0.25) is 0 Å². The van der Waals surface area contributed by atoms with E-state index in [0.717, 1.165) is 33.5 Å². The van der Waals surface area contributed by atoms with Crippen molar-refractivity contribution in [2.75, 3.05) is 11.5 Å². The second-order valence-corrected chi connectivity index (χ2v) is 9.30. The molecule has 1 unspecified atom stereocenters. The fraction of sp³-hybridized carbons (Fsp3) is 0.368. The SMILES string of the molecule is Cc1cc(F)ccc1-c1cc(C)c2c(C)nn(C3CCS(=O)(=O)C3)c2n1. The summed E-state index contributed by atoms with van der Waals surface area (Å²) in [5.41, 5.74) is 4.98. The Hall–Kier alpha value is -2.28. The van der Waals surface area contributed by atoms with E-state index in [4.69, 9.17) is 4.98 Å². The van der Waals surface area contributed by atoms with Crippen LogP contribution in [0.25, 0.3) is 22.3 Å². The molecule has 3 heterocycles. The Balaban J connectivity index is 1.92. The smallest absolute Gasteiger partial charge is 0.159 e. The highest BCUT2D eigenvalue weighted by Crippen LogP contribution is 2.32. The molecule has 1 atom stereocenters. The van der Waals surface area contributed by atoms with Gasteiger partial charge < -0.3 is 0 Å². The summed E-state index contributed by atoms with van der Waals surface area (Å²) in [4.78, 5) is 4.79. The molecule has 1 aliphatic heterocycles. The maximum Gasteiger partial charge on any atom is 0.159 e. The average Bonchev–Trinajstić information content (AvgIpc) is 3.07. The van der Waals surface area contributed by atoms with Gasteiger partial charge in [0.2, 0.25) is 0 Å². The summed E-state index contributed by atoms with van der Waals surface area (Å²) in [6.45, 7) is 5.77. The number of hydrogen-bond donors (Lipinski definition) is 0.